The fourth-order valence-corrected chi connectivity index (χ4v) is 1.85. The number of hydrogen-bond donors (Lipinski definition) is 2. The predicted octanol–water partition coefficient (Wildman–Crippen LogP) is 2.64. The maximum absolute atomic E-state index is 11.8. The van der Waals surface area contributed by atoms with E-state index in [9.17, 15) is 9.59 Å². The summed E-state index contributed by atoms with van der Waals surface area (Å²) in [5.41, 5.74) is 0.294. The largest absolute Gasteiger partial charge is 0.352 e. The molecule has 1 aromatic carbocycles. The number of amides is 2. The molecule has 0 aliphatic heterocycles. The van der Waals surface area contributed by atoms with Gasteiger partial charge >= 0.3 is 0 Å². The fraction of sp³-hybridized carbons (Fsp3) is 0.385. The smallest absolute Gasteiger partial charge is 0.253 e. The van der Waals surface area contributed by atoms with Gasteiger partial charge in [-0.2, -0.15) is 0 Å². The zero-order valence-corrected chi connectivity index (χ0v) is 12.3. The third-order valence-electron chi connectivity index (χ3n) is 2.61. The minimum absolute atomic E-state index is 0.0812. The van der Waals surface area contributed by atoms with E-state index in [1.807, 2.05) is 13.8 Å². The first kappa shape index (κ1) is 15.8. The van der Waals surface area contributed by atoms with Crippen LogP contribution in [0.5, 0.6) is 0 Å². The molecule has 2 N–H and O–H groups in total. The van der Waals surface area contributed by atoms with Crippen LogP contribution in [0, 0.1) is 0 Å². The molecule has 2 amide bonds. The molecule has 1 rings (SSSR count). The van der Waals surface area contributed by atoms with Crippen LogP contribution in [0.25, 0.3) is 0 Å². The quantitative estimate of drug-likeness (QED) is 0.878. The SMILES string of the molecule is CC[C@@H](C)NC(=O)CNC(=O)c1ccc(Cl)cc1Cl. The van der Waals surface area contributed by atoms with Gasteiger partial charge in [-0.05, 0) is 31.5 Å². The summed E-state index contributed by atoms with van der Waals surface area (Å²) in [6.07, 6.45) is 0.836. The molecule has 0 unspecified atom stereocenters. The highest BCUT2D eigenvalue weighted by Crippen LogP contribution is 2.20. The lowest BCUT2D eigenvalue weighted by molar-refractivity contribution is -0.120. The van der Waals surface area contributed by atoms with Crippen LogP contribution in [-0.2, 0) is 4.79 Å². The van der Waals surface area contributed by atoms with Gasteiger partial charge in [0.2, 0.25) is 5.91 Å². The van der Waals surface area contributed by atoms with Gasteiger partial charge in [-0.15, -0.1) is 0 Å². The van der Waals surface area contributed by atoms with Crippen molar-refractivity contribution in [2.75, 3.05) is 6.54 Å². The second-order valence-electron chi connectivity index (χ2n) is 4.18. The van der Waals surface area contributed by atoms with E-state index >= 15 is 0 Å². The Balaban J connectivity index is 2.54. The van der Waals surface area contributed by atoms with Crippen molar-refractivity contribution in [1.29, 1.82) is 0 Å². The molecule has 1 atom stereocenters. The number of carbonyl (C=O) groups excluding carboxylic acids is 2. The zero-order valence-electron chi connectivity index (χ0n) is 10.8. The van der Waals surface area contributed by atoms with Crippen LogP contribution in [0.3, 0.4) is 0 Å². The van der Waals surface area contributed by atoms with Gasteiger partial charge in [0.15, 0.2) is 0 Å². The fourth-order valence-electron chi connectivity index (χ4n) is 1.36. The summed E-state index contributed by atoms with van der Waals surface area (Å²) in [4.78, 5) is 23.3. The van der Waals surface area contributed by atoms with E-state index in [4.69, 9.17) is 23.2 Å². The van der Waals surface area contributed by atoms with Crippen molar-refractivity contribution in [3.8, 4) is 0 Å². The number of hydrogen-bond acceptors (Lipinski definition) is 2. The number of benzene rings is 1. The van der Waals surface area contributed by atoms with Gasteiger partial charge in [-0.25, -0.2) is 0 Å². The van der Waals surface area contributed by atoms with Gasteiger partial charge in [0.05, 0.1) is 17.1 Å². The van der Waals surface area contributed by atoms with E-state index in [1.54, 1.807) is 6.07 Å². The third kappa shape index (κ3) is 5.09. The average Bonchev–Trinajstić information content (AvgIpc) is 2.35. The van der Waals surface area contributed by atoms with Gasteiger partial charge in [0, 0.05) is 11.1 Å². The van der Waals surface area contributed by atoms with Crippen LogP contribution in [-0.4, -0.2) is 24.4 Å². The number of nitrogens with one attached hydrogen (secondary N) is 2. The van der Waals surface area contributed by atoms with Gasteiger partial charge in [0.1, 0.15) is 0 Å². The van der Waals surface area contributed by atoms with Crippen molar-refractivity contribution < 1.29 is 9.59 Å². The second kappa shape index (κ2) is 7.36. The zero-order chi connectivity index (χ0) is 14.4. The van der Waals surface area contributed by atoms with Crippen LogP contribution in [0.4, 0.5) is 0 Å². The van der Waals surface area contributed by atoms with E-state index in [0.29, 0.717) is 10.6 Å². The van der Waals surface area contributed by atoms with Crippen molar-refractivity contribution in [3.63, 3.8) is 0 Å². The molecule has 0 aliphatic carbocycles. The molecule has 0 fully saturated rings. The van der Waals surface area contributed by atoms with Gasteiger partial charge < -0.3 is 10.6 Å². The summed E-state index contributed by atoms with van der Waals surface area (Å²) in [7, 11) is 0. The molecule has 0 bridgehead atoms. The van der Waals surface area contributed by atoms with Crippen molar-refractivity contribution in [1.82, 2.24) is 10.6 Å². The Morgan fingerprint density at radius 1 is 1.32 bits per heavy atom. The van der Waals surface area contributed by atoms with E-state index in [1.165, 1.54) is 12.1 Å². The maximum Gasteiger partial charge on any atom is 0.253 e. The van der Waals surface area contributed by atoms with Crippen LogP contribution < -0.4 is 10.6 Å². The minimum Gasteiger partial charge on any atom is -0.352 e. The predicted molar refractivity (Wildman–Crippen MR) is 76.7 cm³/mol. The summed E-state index contributed by atoms with van der Waals surface area (Å²) in [5.74, 6) is -0.631. The van der Waals surface area contributed by atoms with E-state index in [0.717, 1.165) is 6.42 Å². The Hall–Kier alpha value is -1.26. The van der Waals surface area contributed by atoms with Crippen molar-refractivity contribution in [2.24, 2.45) is 0 Å². The molecule has 0 aromatic heterocycles. The summed E-state index contributed by atoms with van der Waals surface area (Å²) in [6, 6.07) is 4.66. The maximum atomic E-state index is 11.8. The summed E-state index contributed by atoms with van der Waals surface area (Å²) < 4.78 is 0. The van der Waals surface area contributed by atoms with E-state index in [2.05, 4.69) is 10.6 Å². The van der Waals surface area contributed by atoms with Gasteiger partial charge in [-0.3, -0.25) is 9.59 Å². The number of halogens is 2. The van der Waals surface area contributed by atoms with Gasteiger partial charge in [0.25, 0.3) is 5.91 Å². The summed E-state index contributed by atoms with van der Waals surface area (Å²) in [6.45, 7) is 3.79. The molecule has 104 valence electrons. The van der Waals surface area contributed by atoms with Crippen molar-refractivity contribution >= 4 is 35.0 Å². The average molecular weight is 303 g/mol. The molecule has 1 aromatic rings. The molecule has 0 radical (unpaired) electrons. The molecule has 0 aliphatic rings. The second-order valence-corrected chi connectivity index (χ2v) is 5.03. The van der Waals surface area contributed by atoms with Crippen LogP contribution in [0.1, 0.15) is 30.6 Å². The molecule has 0 spiro atoms. The highest BCUT2D eigenvalue weighted by atomic mass is 35.5. The number of rotatable bonds is 5. The molecular weight excluding hydrogens is 287 g/mol. The van der Waals surface area contributed by atoms with Gasteiger partial charge in [-0.1, -0.05) is 30.1 Å². The van der Waals surface area contributed by atoms with Crippen molar-refractivity contribution in [3.05, 3.63) is 33.8 Å². The Morgan fingerprint density at radius 3 is 2.58 bits per heavy atom. The monoisotopic (exact) mass is 302 g/mol. The lowest BCUT2D eigenvalue weighted by atomic mass is 10.2. The lowest BCUT2D eigenvalue weighted by Gasteiger charge is -2.12. The Kier molecular flexibility index (Phi) is 6.12. The molecule has 19 heavy (non-hydrogen) atoms. The van der Waals surface area contributed by atoms with E-state index < -0.39 is 5.91 Å². The van der Waals surface area contributed by atoms with Crippen molar-refractivity contribution in [2.45, 2.75) is 26.3 Å². The molecular formula is C13H16Cl2N2O2. The van der Waals surface area contributed by atoms with Crippen LogP contribution >= 0.6 is 23.2 Å². The highest BCUT2D eigenvalue weighted by molar-refractivity contribution is 6.36. The Morgan fingerprint density at radius 2 is 2.00 bits per heavy atom. The van der Waals surface area contributed by atoms with Crippen LogP contribution in [0.15, 0.2) is 18.2 Å². The summed E-state index contributed by atoms with van der Waals surface area (Å²) in [5, 5.41) is 5.97. The normalized spacial score (nSPS) is 11.8. The first-order valence-electron chi connectivity index (χ1n) is 5.96. The Labute approximate surface area is 122 Å². The highest BCUT2D eigenvalue weighted by Gasteiger charge is 2.12. The minimum atomic E-state index is -0.402. The standard InChI is InChI=1S/C13H16Cl2N2O2/c1-3-8(2)17-12(18)7-16-13(19)10-5-4-9(14)6-11(10)15/h4-6,8H,3,7H2,1-2H3,(H,16,19)(H,17,18)/t8-/m1/s1. The van der Waals surface area contributed by atoms with Crippen LogP contribution in [0.2, 0.25) is 10.0 Å². The molecule has 0 saturated heterocycles. The Bertz CT molecular complexity index is 478. The third-order valence-corrected chi connectivity index (χ3v) is 3.15. The molecule has 0 saturated carbocycles. The first-order chi connectivity index (χ1) is 8.93. The van der Waals surface area contributed by atoms with E-state index in [-0.39, 0.29) is 23.5 Å². The lowest BCUT2D eigenvalue weighted by Crippen LogP contribution is -2.40. The molecule has 0 heterocycles. The molecule has 6 heteroatoms. The topological polar surface area (TPSA) is 58.2 Å². The summed E-state index contributed by atoms with van der Waals surface area (Å²) >= 11 is 11.6. The molecule has 4 nitrogen and oxygen atoms in total. The number of carbonyl (C=O) groups is 2. The first-order valence-corrected chi connectivity index (χ1v) is 6.72.